The summed E-state index contributed by atoms with van der Waals surface area (Å²) in [6, 6.07) is 5.36. The number of hydrogen-bond acceptors (Lipinski definition) is 4. The smallest absolute Gasteiger partial charge is 0.361 e. The van der Waals surface area contributed by atoms with E-state index in [1.807, 2.05) is 0 Å². The van der Waals surface area contributed by atoms with Crippen LogP contribution in [0, 0.1) is 0 Å². The van der Waals surface area contributed by atoms with Crippen molar-refractivity contribution in [1.29, 1.82) is 0 Å². The fourth-order valence-corrected chi connectivity index (χ4v) is 4.69. The number of rotatable bonds is 3. The van der Waals surface area contributed by atoms with Crippen molar-refractivity contribution in [2.75, 3.05) is 10.6 Å². The Labute approximate surface area is 187 Å². The van der Waals surface area contributed by atoms with E-state index in [0.29, 0.717) is 5.02 Å². The summed E-state index contributed by atoms with van der Waals surface area (Å²) in [5, 5.41) is 11.5. The van der Waals surface area contributed by atoms with Gasteiger partial charge in [0.25, 0.3) is 5.91 Å². The molecule has 30 heavy (non-hydrogen) atoms. The summed E-state index contributed by atoms with van der Waals surface area (Å²) in [5.74, 6) is -0.850. The molecule has 1 aliphatic rings. The number of nitrogens with zero attached hydrogens (tertiary/aromatic N) is 2. The van der Waals surface area contributed by atoms with E-state index in [1.54, 1.807) is 17.5 Å². The number of fused-ring (bicyclic) bond motifs is 1. The second-order valence-corrected chi connectivity index (χ2v) is 8.74. The van der Waals surface area contributed by atoms with Crippen LogP contribution in [0.1, 0.15) is 33.9 Å². The van der Waals surface area contributed by atoms with Gasteiger partial charge < -0.3 is 10.6 Å². The zero-order chi connectivity index (χ0) is 21.6. The molecule has 0 fully saturated rings. The van der Waals surface area contributed by atoms with E-state index in [2.05, 4.69) is 15.7 Å². The summed E-state index contributed by atoms with van der Waals surface area (Å²) in [7, 11) is 0. The highest BCUT2D eigenvalue weighted by Crippen LogP contribution is 2.47. The summed E-state index contributed by atoms with van der Waals surface area (Å²) < 4.78 is 42.0. The van der Waals surface area contributed by atoms with Crippen LogP contribution in [-0.2, 0) is 0 Å². The third-order valence-electron chi connectivity index (χ3n) is 4.58. The maximum absolute atomic E-state index is 13.8. The first-order chi connectivity index (χ1) is 14.1. The van der Waals surface area contributed by atoms with E-state index < -0.39 is 24.2 Å². The van der Waals surface area contributed by atoms with E-state index in [0.717, 1.165) is 9.56 Å². The Morgan fingerprint density at radius 2 is 2.03 bits per heavy atom. The van der Waals surface area contributed by atoms with Crippen LogP contribution in [-0.4, -0.2) is 21.9 Å². The fraction of sp³-hybridized carbons (Fsp3) is 0.222. The van der Waals surface area contributed by atoms with Crippen molar-refractivity contribution in [1.82, 2.24) is 9.78 Å². The largest absolute Gasteiger partial charge is 0.410 e. The molecule has 0 saturated heterocycles. The number of amides is 1. The summed E-state index contributed by atoms with van der Waals surface area (Å²) >= 11 is 19.5. The molecule has 5 nitrogen and oxygen atoms in total. The molecule has 12 heteroatoms. The lowest BCUT2D eigenvalue weighted by molar-refractivity contribution is -0.173. The molecule has 4 rings (SSSR count). The van der Waals surface area contributed by atoms with E-state index in [1.165, 1.54) is 29.5 Å². The minimum Gasteiger partial charge on any atom is -0.361 e. The second kappa shape index (κ2) is 7.96. The normalized spacial score (nSPS) is 18.6. The maximum Gasteiger partial charge on any atom is 0.410 e. The van der Waals surface area contributed by atoms with Gasteiger partial charge in [-0.1, -0.05) is 40.9 Å². The molecule has 0 aliphatic carbocycles. The average molecular weight is 496 g/mol. The molecule has 3 heterocycles. The van der Waals surface area contributed by atoms with Gasteiger partial charge in [-0.2, -0.15) is 18.3 Å². The highest BCUT2D eigenvalue weighted by atomic mass is 35.5. The third kappa shape index (κ3) is 3.99. The standard InChI is InChI=1S/C18H12Cl3F3N4OS/c19-8-3-4-10(9(20)6-8)26-17(29)15-14(21)16-25-11(12-2-1-5-30-12)7-13(18(22,23)24)28(16)27-15/h1-6,11,13,25H,7H2,(H,26,29)/t11-,13+/m1/s1. The maximum atomic E-state index is 13.8. The molecule has 2 aromatic heterocycles. The number of halogens is 6. The molecular weight excluding hydrogens is 484 g/mol. The van der Waals surface area contributed by atoms with Gasteiger partial charge in [-0.3, -0.25) is 4.79 Å². The molecule has 1 aromatic carbocycles. The van der Waals surface area contributed by atoms with Gasteiger partial charge in [0.1, 0.15) is 10.8 Å². The van der Waals surface area contributed by atoms with Crippen molar-refractivity contribution in [3.05, 3.63) is 61.4 Å². The predicted octanol–water partition coefficient (Wildman–Crippen LogP) is 6.82. The lowest BCUT2D eigenvalue weighted by Crippen LogP contribution is -2.35. The van der Waals surface area contributed by atoms with Crippen molar-refractivity contribution in [2.45, 2.75) is 24.7 Å². The van der Waals surface area contributed by atoms with Gasteiger partial charge in [-0.25, -0.2) is 4.68 Å². The molecule has 158 valence electrons. The van der Waals surface area contributed by atoms with Crippen molar-refractivity contribution < 1.29 is 18.0 Å². The van der Waals surface area contributed by atoms with Crippen molar-refractivity contribution in [3.63, 3.8) is 0 Å². The number of benzene rings is 1. The molecule has 1 aliphatic heterocycles. The van der Waals surface area contributed by atoms with Crippen LogP contribution < -0.4 is 10.6 Å². The number of hydrogen-bond donors (Lipinski definition) is 2. The fourth-order valence-electron chi connectivity index (χ4n) is 3.18. The van der Waals surface area contributed by atoms with Gasteiger partial charge in [-0.05, 0) is 29.6 Å². The van der Waals surface area contributed by atoms with Crippen LogP contribution in [0.2, 0.25) is 15.1 Å². The first-order valence-corrected chi connectivity index (χ1v) is 10.6. The Morgan fingerprint density at radius 1 is 1.27 bits per heavy atom. The molecule has 0 spiro atoms. The molecule has 0 radical (unpaired) electrons. The lowest BCUT2D eigenvalue weighted by Gasteiger charge is -2.32. The Balaban J connectivity index is 1.70. The molecule has 3 aromatic rings. The molecule has 1 amide bonds. The lowest BCUT2D eigenvalue weighted by atomic mass is 10.0. The summed E-state index contributed by atoms with van der Waals surface area (Å²) in [6.07, 6.45) is -4.85. The SMILES string of the molecule is O=C(Nc1ccc(Cl)cc1Cl)c1nn2c(c1Cl)N[C@@H](c1cccs1)C[C@H]2C(F)(F)F. The number of thiophene rings is 1. The van der Waals surface area contributed by atoms with E-state index in [-0.39, 0.29) is 33.7 Å². The van der Waals surface area contributed by atoms with Crippen LogP contribution in [0.4, 0.5) is 24.7 Å². The first-order valence-electron chi connectivity index (χ1n) is 8.56. The van der Waals surface area contributed by atoms with Crippen molar-refractivity contribution in [3.8, 4) is 0 Å². The van der Waals surface area contributed by atoms with Gasteiger partial charge in [0, 0.05) is 16.3 Å². The van der Waals surface area contributed by atoms with E-state index >= 15 is 0 Å². The van der Waals surface area contributed by atoms with Gasteiger partial charge in [0.15, 0.2) is 11.7 Å². The van der Waals surface area contributed by atoms with Crippen LogP contribution >= 0.6 is 46.1 Å². The number of carbonyl (C=O) groups is 1. The van der Waals surface area contributed by atoms with Crippen molar-refractivity contribution in [2.24, 2.45) is 0 Å². The molecular formula is C18H12Cl3F3N4OS. The quantitative estimate of drug-likeness (QED) is 0.419. The number of carbonyl (C=O) groups excluding carboxylic acids is 1. The molecule has 0 bridgehead atoms. The summed E-state index contributed by atoms with van der Waals surface area (Å²) in [6.45, 7) is 0. The first kappa shape index (κ1) is 21.3. The monoisotopic (exact) mass is 494 g/mol. The molecule has 0 saturated carbocycles. The van der Waals surface area contributed by atoms with E-state index in [4.69, 9.17) is 34.8 Å². The average Bonchev–Trinajstić information content (AvgIpc) is 3.31. The van der Waals surface area contributed by atoms with Crippen LogP contribution in [0.25, 0.3) is 0 Å². The van der Waals surface area contributed by atoms with Gasteiger partial charge in [0.2, 0.25) is 0 Å². The van der Waals surface area contributed by atoms with Crippen LogP contribution in [0.15, 0.2) is 35.7 Å². The zero-order valence-electron chi connectivity index (χ0n) is 14.8. The predicted molar refractivity (Wildman–Crippen MR) is 112 cm³/mol. The zero-order valence-corrected chi connectivity index (χ0v) is 17.9. The summed E-state index contributed by atoms with van der Waals surface area (Å²) in [4.78, 5) is 13.4. The van der Waals surface area contributed by atoms with Crippen molar-refractivity contribution >= 4 is 63.6 Å². The number of anilines is 2. The Kier molecular flexibility index (Phi) is 5.65. The molecule has 0 unspecified atom stereocenters. The van der Waals surface area contributed by atoms with Gasteiger partial charge in [-0.15, -0.1) is 11.3 Å². The third-order valence-corrected chi connectivity index (χ3v) is 6.47. The van der Waals surface area contributed by atoms with Gasteiger partial charge in [0.05, 0.1) is 16.8 Å². The molecule has 2 atom stereocenters. The Hall–Kier alpha value is -1.94. The highest BCUT2D eigenvalue weighted by molar-refractivity contribution is 7.10. The van der Waals surface area contributed by atoms with E-state index in [9.17, 15) is 18.0 Å². The molecule has 2 N–H and O–H groups in total. The topological polar surface area (TPSA) is 59.0 Å². The number of nitrogens with one attached hydrogen (secondary N) is 2. The highest BCUT2D eigenvalue weighted by Gasteiger charge is 2.48. The minimum atomic E-state index is -4.57. The Morgan fingerprint density at radius 3 is 2.67 bits per heavy atom. The number of alkyl halides is 3. The second-order valence-electron chi connectivity index (χ2n) is 6.54. The van der Waals surface area contributed by atoms with Crippen LogP contribution in [0.3, 0.4) is 0 Å². The Bertz CT molecular complexity index is 1100. The number of aromatic nitrogens is 2. The summed E-state index contributed by atoms with van der Waals surface area (Å²) in [5.41, 5.74) is -0.115. The minimum absolute atomic E-state index is 0.0593. The van der Waals surface area contributed by atoms with Crippen LogP contribution in [0.5, 0.6) is 0 Å². The van der Waals surface area contributed by atoms with Gasteiger partial charge >= 0.3 is 6.18 Å².